The van der Waals surface area contributed by atoms with Gasteiger partial charge < -0.3 is 25.8 Å². The van der Waals surface area contributed by atoms with Crippen molar-refractivity contribution in [1.82, 2.24) is 10.2 Å². The lowest BCUT2D eigenvalue weighted by molar-refractivity contribution is 0.280. The lowest BCUT2D eigenvalue weighted by Crippen LogP contribution is -2.26. The molecule has 1 aromatic carbocycles. The molecule has 0 atom stereocenters. The number of unbranched alkanes of at least 4 members (excludes halogenated alkanes) is 2. The highest BCUT2D eigenvalue weighted by Crippen LogP contribution is 2.28. The van der Waals surface area contributed by atoms with Crippen molar-refractivity contribution in [2.24, 2.45) is 10.7 Å². The third-order valence-electron chi connectivity index (χ3n) is 5.06. The van der Waals surface area contributed by atoms with Crippen molar-refractivity contribution in [3.63, 3.8) is 0 Å². The molecule has 0 fully saturated rings. The van der Waals surface area contributed by atoms with Crippen LogP contribution in [-0.2, 0) is 13.2 Å². The molecule has 0 spiro atoms. The number of hydrogen-bond acceptors (Lipinski definition) is 5. The molecule has 172 valence electrons. The molecular formula is C25H40N4O2. The number of hydrogen-bond donors (Lipinski definition) is 3. The van der Waals surface area contributed by atoms with Gasteiger partial charge in [-0.3, -0.25) is 0 Å². The second-order valence-electron chi connectivity index (χ2n) is 7.36. The van der Waals surface area contributed by atoms with Gasteiger partial charge in [-0.05, 0) is 36.2 Å². The van der Waals surface area contributed by atoms with Gasteiger partial charge in [0.25, 0.3) is 0 Å². The predicted molar refractivity (Wildman–Crippen MR) is 131 cm³/mol. The molecule has 0 aromatic heterocycles. The van der Waals surface area contributed by atoms with Crippen molar-refractivity contribution in [1.29, 1.82) is 0 Å². The van der Waals surface area contributed by atoms with Gasteiger partial charge in [0.15, 0.2) is 5.82 Å². The molecule has 1 aromatic rings. The van der Waals surface area contributed by atoms with Crippen LogP contribution in [0.1, 0.15) is 64.0 Å². The highest BCUT2D eigenvalue weighted by molar-refractivity contribution is 5.81. The summed E-state index contributed by atoms with van der Waals surface area (Å²) in [5.41, 5.74) is 9.70. The lowest BCUT2D eigenvalue weighted by atomic mass is 10.1. The minimum absolute atomic E-state index is 0.0313. The number of benzene rings is 1. The molecule has 0 aliphatic rings. The Labute approximate surface area is 188 Å². The number of rotatable bonds is 15. The summed E-state index contributed by atoms with van der Waals surface area (Å²) in [4.78, 5) is 6.72. The normalized spacial score (nSPS) is 12.2. The number of methoxy groups -OCH3 is 1. The smallest absolute Gasteiger partial charge is 0.152 e. The van der Waals surface area contributed by atoms with Crippen molar-refractivity contribution in [3.05, 3.63) is 65.8 Å². The van der Waals surface area contributed by atoms with Crippen LogP contribution < -0.4 is 15.8 Å². The zero-order chi connectivity index (χ0) is 23.2. The average molecular weight is 429 g/mol. The van der Waals surface area contributed by atoms with Gasteiger partial charge in [0.1, 0.15) is 11.6 Å². The summed E-state index contributed by atoms with van der Waals surface area (Å²) >= 11 is 0. The quantitative estimate of drug-likeness (QED) is 0.161. The molecule has 0 amide bonds. The van der Waals surface area contributed by atoms with E-state index >= 15 is 0 Å². The maximum absolute atomic E-state index is 9.43. The van der Waals surface area contributed by atoms with Crippen LogP contribution in [0.25, 0.3) is 0 Å². The van der Waals surface area contributed by atoms with Crippen LogP contribution in [0.15, 0.2) is 59.6 Å². The summed E-state index contributed by atoms with van der Waals surface area (Å²) in [6.07, 6.45) is 6.56. The number of nitrogens with two attached hydrogens (primary N) is 1. The Morgan fingerprint density at radius 2 is 2.00 bits per heavy atom. The number of ether oxygens (including phenoxy) is 1. The highest BCUT2D eigenvalue weighted by Gasteiger charge is 2.18. The minimum Gasteiger partial charge on any atom is -0.496 e. The molecule has 0 saturated carbocycles. The monoisotopic (exact) mass is 428 g/mol. The second-order valence-corrected chi connectivity index (χ2v) is 7.36. The van der Waals surface area contributed by atoms with E-state index in [9.17, 15) is 5.11 Å². The number of amidine groups is 1. The molecule has 0 radical (unpaired) electrons. The first-order valence-corrected chi connectivity index (χ1v) is 11.1. The zero-order valence-electron chi connectivity index (χ0n) is 19.7. The molecule has 0 heterocycles. The lowest BCUT2D eigenvalue weighted by Gasteiger charge is -2.28. The van der Waals surface area contributed by atoms with E-state index in [1.807, 2.05) is 30.0 Å². The molecular weight excluding hydrogens is 388 g/mol. The van der Waals surface area contributed by atoms with Gasteiger partial charge in [0, 0.05) is 18.5 Å². The van der Waals surface area contributed by atoms with Crippen LogP contribution in [-0.4, -0.2) is 29.5 Å². The van der Waals surface area contributed by atoms with E-state index in [4.69, 9.17) is 15.5 Å². The van der Waals surface area contributed by atoms with Crippen LogP contribution in [0.4, 0.5) is 0 Å². The van der Waals surface area contributed by atoms with Crippen molar-refractivity contribution in [2.45, 2.75) is 66.0 Å². The Morgan fingerprint density at radius 3 is 2.55 bits per heavy atom. The summed E-state index contributed by atoms with van der Waals surface area (Å²) in [5.74, 6) is 2.00. The molecule has 0 saturated heterocycles. The third kappa shape index (κ3) is 8.13. The summed E-state index contributed by atoms with van der Waals surface area (Å²) in [6, 6.07) is 5.71. The predicted octanol–water partition coefficient (Wildman–Crippen LogP) is 4.82. The number of nitrogens with one attached hydrogen (secondary N) is 1. The fourth-order valence-electron chi connectivity index (χ4n) is 3.09. The molecule has 31 heavy (non-hydrogen) atoms. The number of nitrogens with zero attached hydrogens (tertiary/aromatic N) is 2. The van der Waals surface area contributed by atoms with E-state index in [0.29, 0.717) is 30.4 Å². The van der Waals surface area contributed by atoms with E-state index < -0.39 is 0 Å². The Hall–Kier alpha value is -2.73. The molecule has 0 bridgehead atoms. The van der Waals surface area contributed by atoms with Gasteiger partial charge in [0.2, 0.25) is 0 Å². The van der Waals surface area contributed by atoms with E-state index in [-0.39, 0.29) is 6.61 Å². The first-order valence-electron chi connectivity index (χ1n) is 11.1. The second kappa shape index (κ2) is 14.3. The number of allylic oxidation sites excluding steroid dienone is 1. The largest absolute Gasteiger partial charge is 0.496 e. The van der Waals surface area contributed by atoms with Crippen LogP contribution in [0.2, 0.25) is 0 Å². The SMILES string of the molecule is C=CN(Cc1ccc(CO)cc1OC)/C(C(=C)CC)=C(/N=C(/N)CC)NCCCCC. The molecule has 6 nitrogen and oxygen atoms in total. The van der Waals surface area contributed by atoms with Crippen LogP contribution in [0.5, 0.6) is 5.75 Å². The fourth-order valence-corrected chi connectivity index (χ4v) is 3.09. The van der Waals surface area contributed by atoms with Gasteiger partial charge in [-0.15, -0.1) is 0 Å². The molecule has 1 rings (SSSR count). The Balaban J connectivity index is 3.44. The van der Waals surface area contributed by atoms with E-state index in [1.165, 1.54) is 0 Å². The fraction of sp³-hybridized carbons (Fsp3) is 0.480. The Morgan fingerprint density at radius 1 is 1.26 bits per heavy atom. The standard InChI is InChI=1S/C25H40N4O2/c1-7-11-12-15-27-25(28-23(26)9-3)24(19(5)8-2)29(10-4)17-21-14-13-20(18-30)16-22(21)31-6/h10,13-14,16,27,30H,4-5,7-9,11-12,15,17-18H2,1-3,6H3,(H2,26,28)/b25-24+. The summed E-state index contributed by atoms with van der Waals surface area (Å²) in [5, 5.41) is 12.9. The summed E-state index contributed by atoms with van der Waals surface area (Å²) in [7, 11) is 1.63. The first kappa shape index (κ1) is 26.3. The van der Waals surface area contributed by atoms with Gasteiger partial charge in [-0.2, -0.15) is 0 Å². The van der Waals surface area contributed by atoms with Gasteiger partial charge >= 0.3 is 0 Å². The Kier molecular flexibility index (Phi) is 12.1. The van der Waals surface area contributed by atoms with Crippen molar-refractivity contribution >= 4 is 5.84 Å². The first-order chi connectivity index (χ1) is 14.9. The summed E-state index contributed by atoms with van der Waals surface area (Å²) in [6.45, 7) is 15.9. The molecule has 6 heteroatoms. The zero-order valence-corrected chi connectivity index (χ0v) is 19.7. The molecule has 0 aliphatic carbocycles. The van der Waals surface area contributed by atoms with Crippen molar-refractivity contribution in [3.8, 4) is 5.75 Å². The van der Waals surface area contributed by atoms with Gasteiger partial charge in [-0.1, -0.05) is 58.9 Å². The van der Waals surface area contributed by atoms with Gasteiger partial charge in [0.05, 0.1) is 26.0 Å². The maximum atomic E-state index is 9.43. The number of aliphatic hydroxyl groups excluding tert-OH is 1. The minimum atomic E-state index is -0.0313. The van der Waals surface area contributed by atoms with Crippen molar-refractivity contribution in [2.75, 3.05) is 13.7 Å². The summed E-state index contributed by atoms with van der Waals surface area (Å²) < 4.78 is 5.56. The van der Waals surface area contributed by atoms with Crippen LogP contribution >= 0.6 is 0 Å². The van der Waals surface area contributed by atoms with Gasteiger partial charge in [-0.25, -0.2) is 4.99 Å². The number of aliphatic hydroxyl groups is 1. The van der Waals surface area contributed by atoms with E-state index in [1.54, 1.807) is 13.3 Å². The third-order valence-corrected chi connectivity index (χ3v) is 5.06. The van der Waals surface area contributed by atoms with Crippen LogP contribution in [0.3, 0.4) is 0 Å². The van der Waals surface area contributed by atoms with Crippen molar-refractivity contribution < 1.29 is 9.84 Å². The topological polar surface area (TPSA) is 83.1 Å². The van der Waals surface area contributed by atoms with E-state index in [0.717, 1.165) is 54.6 Å². The van der Waals surface area contributed by atoms with Crippen LogP contribution in [0, 0.1) is 0 Å². The molecule has 4 N–H and O–H groups in total. The molecule has 0 aliphatic heterocycles. The maximum Gasteiger partial charge on any atom is 0.152 e. The number of aliphatic imine (C=N–C) groups is 1. The molecule has 0 unspecified atom stereocenters. The highest BCUT2D eigenvalue weighted by atomic mass is 16.5. The average Bonchev–Trinajstić information content (AvgIpc) is 2.80. The van der Waals surface area contributed by atoms with E-state index in [2.05, 4.69) is 32.3 Å². The Bertz CT molecular complexity index is 784.